The van der Waals surface area contributed by atoms with Crippen LogP contribution in [0.3, 0.4) is 0 Å². The van der Waals surface area contributed by atoms with Crippen molar-refractivity contribution in [2.75, 3.05) is 6.61 Å². The highest BCUT2D eigenvalue weighted by Crippen LogP contribution is 2.20. The zero-order valence-corrected chi connectivity index (χ0v) is 17.0. The fourth-order valence-electron chi connectivity index (χ4n) is 2.78. The molecule has 6 nitrogen and oxygen atoms in total. The van der Waals surface area contributed by atoms with Crippen molar-refractivity contribution in [1.82, 2.24) is 15.3 Å². The second-order valence-corrected chi connectivity index (χ2v) is 7.74. The highest BCUT2D eigenvalue weighted by molar-refractivity contribution is 5.68. The van der Waals surface area contributed by atoms with Crippen molar-refractivity contribution in [3.63, 3.8) is 0 Å². The van der Waals surface area contributed by atoms with E-state index in [4.69, 9.17) is 9.47 Å². The summed E-state index contributed by atoms with van der Waals surface area (Å²) in [5, 5.41) is 2.86. The van der Waals surface area contributed by atoms with Crippen LogP contribution in [0.25, 0.3) is 11.3 Å². The Kier molecular flexibility index (Phi) is 6.67. The Labute approximate surface area is 171 Å². The smallest absolute Gasteiger partial charge is 0.408 e. The molecule has 0 saturated carbocycles. The summed E-state index contributed by atoms with van der Waals surface area (Å²) in [5.74, 6) is 0.614. The monoisotopic (exact) mass is 393 g/mol. The summed E-state index contributed by atoms with van der Waals surface area (Å²) < 4.78 is 11.3. The quantitative estimate of drug-likeness (QED) is 0.601. The lowest BCUT2D eigenvalue weighted by molar-refractivity contribution is 0.0421. The number of imidazole rings is 1. The van der Waals surface area contributed by atoms with Gasteiger partial charge in [0.25, 0.3) is 0 Å². The summed E-state index contributed by atoms with van der Waals surface area (Å²) >= 11 is 0. The minimum absolute atomic E-state index is 0.260. The molecule has 1 heterocycles. The molecule has 0 unspecified atom stereocenters. The summed E-state index contributed by atoms with van der Waals surface area (Å²) in [6, 6.07) is 19.3. The van der Waals surface area contributed by atoms with Gasteiger partial charge in [0.1, 0.15) is 17.5 Å². The Morgan fingerprint density at radius 1 is 1.07 bits per heavy atom. The van der Waals surface area contributed by atoms with E-state index in [9.17, 15) is 4.79 Å². The summed E-state index contributed by atoms with van der Waals surface area (Å²) in [5.41, 5.74) is 2.28. The van der Waals surface area contributed by atoms with Gasteiger partial charge >= 0.3 is 6.09 Å². The maximum atomic E-state index is 12.3. The third-order valence-corrected chi connectivity index (χ3v) is 4.08. The number of benzene rings is 2. The van der Waals surface area contributed by atoms with Gasteiger partial charge in [-0.2, -0.15) is 0 Å². The van der Waals surface area contributed by atoms with Crippen LogP contribution in [0.5, 0.6) is 0 Å². The molecule has 152 valence electrons. The Bertz CT molecular complexity index is 902. The zero-order valence-electron chi connectivity index (χ0n) is 17.0. The molecule has 0 aliphatic carbocycles. The van der Waals surface area contributed by atoms with Gasteiger partial charge in [-0.3, -0.25) is 0 Å². The third kappa shape index (κ3) is 6.47. The van der Waals surface area contributed by atoms with Crippen LogP contribution in [-0.2, 0) is 16.1 Å². The van der Waals surface area contributed by atoms with Crippen LogP contribution >= 0.6 is 0 Å². The number of aromatic nitrogens is 2. The molecule has 1 atom stereocenters. The highest BCUT2D eigenvalue weighted by atomic mass is 16.6. The molecule has 0 saturated heterocycles. The number of carbonyl (C=O) groups is 1. The zero-order chi connectivity index (χ0) is 20.7. The second kappa shape index (κ2) is 9.39. The number of hydrogen-bond acceptors (Lipinski definition) is 4. The molecule has 0 spiro atoms. The van der Waals surface area contributed by atoms with E-state index in [0.29, 0.717) is 12.4 Å². The first kappa shape index (κ1) is 20.6. The third-order valence-electron chi connectivity index (χ3n) is 4.08. The van der Waals surface area contributed by atoms with Gasteiger partial charge < -0.3 is 19.8 Å². The van der Waals surface area contributed by atoms with Crippen LogP contribution in [0.15, 0.2) is 66.9 Å². The number of ether oxygens (including phenoxy) is 2. The lowest BCUT2D eigenvalue weighted by Crippen LogP contribution is -2.37. The number of alkyl carbamates (subject to hydrolysis) is 1. The topological polar surface area (TPSA) is 76.2 Å². The Morgan fingerprint density at radius 2 is 1.72 bits per heavy atom. The molecule has 0 radical (unpaired) electrons. The molecule has 0 fully saturated rings. The number of aromatic amines is 1. The van der Waals surface area contributed by atoms with Gasteiger partial charge in [-0.25, -0.2) is 9.78 Å². The molecule has 2 N–H and O–H groups in total. The van der Waals surface area contributed by atoms with E-state index in [1.54, 1.807) is 0 Å². The van der Waals surface area contributed by atoms with E-state index in [0.717, 1.165) is 16.8 Å². The van der Waals surface area contributed by atoms with Crippen molar-refractivity contribution in [2.24, 2.45) is 0 Å². The Hall–Kier alpha value is -3.12. The van der Waals surface area contributed by atoms with E-state index in [-0.39, 0.29) is 6.61 Å². The van der Waals surface area contributed by atoms with Gasteiger partial charge in [0.05, 0.1) is 18.9 Å². The number of H-pyrrole nitrogens is 1. The molecule has 3 aromatic rings. The molecular formula is C23H27N3O3. The normalized spacial score (nSPS) is 12.4. The fraction of sp³-hybridized carbons (Fsp3) is 0.304. The summed E-state index contributed by atoms with van der Waals surface area (Å²) in [6.07, 6.45) is 1.31. The van der Waals surface area contributed by atoms with Crippen LogP contribution in [0.4, 0.5) is 4.79 Å². The lowest BCUT2D eigenvalue weighted by atomic mass is 10.2. The maximum Gasteiger partial charge on any atom is 0.408 e. The lowest BCUT2D eigenvalue weighted by Gasteiger charge is -2.23. The van der Waals surface area contributed by atoms with Gasteiger partial charge in [-0.1, -0.05) is 60.7 Å². The minimum Gasteiger partial charge on any atom is -0.444 e. The largest absolute Gasteiger partial charge is 0.444 e. The van der Waals surface area contributed by atoms with E-state index in [1.165, 1.54) is 0 Å². The van der Waals surface area contributed by atoms with Crippen molar-refractivity contribution < 1.29 is 14.3 Å². The number of amides is 1. The standard InChI is InChI=1S/C23H27N3O3/c1-23(2,3)29-22(27)26-20(16-28-15-17-10-6-4-7-11-17)21-24-14-19(25-21)18-12-8-5-9-13-18/h4-14,20H,15-16H2,1-3H3,(H,24,25)(H,26,27)/t20-/m0/s1. The molecule has 1 amide bonds. The molecule has 6 heteroatoms. The van der Waals surface area contributed by atoms with Crippen LogP contribution in [-0.4, -0.2) is 28.3 Å². The van der Waals surface area contributed by atoms with Gasteiger partial charge in [0, 0.05) is 11.8 Å². The molecule has 0 aliphatic heterocycles. The van der Waals surface area contributed by atoms with Gasteiger partial charge in [-0.05, 0) is 26.3 Å². The molecule has 29 heavy (non-hydrogen) atoms. The first-order valence-corrected chi connectivity index (χ1v) is 9.62. The van der Waals surface area contributed by atoms with Crippen molar-refractivity contribution in [2.45, 2.75) is 39.0 Å². The van der Waals surface area contributed by atoms with Crippen molar-refractivity contribution in [3.8, 4) is 11.3 Å². The van der Waals surface area contributed by atoms with Crippen molar-refractivity contribution >= 4 is 6.09 Å². The molecule has 1 aromatic heterocycles. The van der Waals surface area contributed by atoms with E-state index in [2.05, 4.69) is 15.3 Å². The SMILES string of the molecule is CC(C)(C)OC(=O)N[C@@H](COCc1ccccc1)c1nc(-c2ccccc2)c[nH]1. The van der Waals surface area contributed by atoms with Gasteiger partial charge in [0.2, 0.25) is 0 Å². The molecule has 0 aliphatic rings. The predicted octanol–water partition coefficient (Wildman–Crippen LogP) is 4.86. The van der Waals surface area contributed by atoms with E-state index >= 15 is 0 Å². The highest BCUT2D eigenvalue weighted by Gasteiger charge is 2.23. The number of carbonyl (C=O) groups excluding carboxylic acids is 1. The number of hydrogen-bond donors (Lipinski definition) is 2. The average molecular weight is 393 g/mol. The molecule has 2 aromatic carbocycles. The number of rotatable bonds is 7. The van der Waals surface area contributed by atoms with Crippen LogP contribution < -0.4 is 5.32 Å². The Balaban J connectivity index is 1.71. The van der Waals surface area contributed by atoms with Crippen LogP contribution in [0.1, 0.15) is 38.2 Å². The van der Waals surface area contributed by atoms with E-state index in [1.807, 2.05) is 87.6 Å². The fourth-order valence-corrected chi connectivity index (χ4v) is 2.78. The van der Waals surface area contributed by atoms with Gasteiger partial charge in [-0.15, -0.1) is 0 Å². The summed E-state index contributed by atoms with van der Waals surface area (Å²) in [7, 11) is 0. The molecule has 3 rings (SSSR count). The van der Waals surface area contributed by atoms with Crippen LogP contribution in [0, 0.1) is 0 Å². The molecule has 0 bridgehead atoms. The van der Waals surface area contributed by atoms with Crippen molar-refractivity contribution in [3.05, 3.63) is 78.2 Å². The summed E-state index contributed by atoms with van der Waals surface area (Å²) in [6.45, 7) is 6.19. The van der Waals surface area contributed by atoms with Gasteiger partial charge in [0.15, 0.2) is 0 Å². The minimum atomic E-state index is -0.585. The van der Waals surface area contributed by atoms with E-state index < -0.39 is 17.7 Å². The molecular weight excluding hydrogens is 366 g/mol. The number of nitrogens with zero attached hydrogens (tertiary/aromatic N) is 1. The predicted molar refractivity (Wildman–Crippen MR) is 112 cm³/mol. The second-order valence-electron chi connectivity index (χ2n) is 7.74. The first-order chi connectivity index (χ1) is 13.9. The first-order valence-electron chi connectivity index (χ1n) is 9.62. The van der Waals surface area contributed by atoms with Crippen molar-refractivity contribution in [1.29, 1.82) is 0 Å². The average Bonchev–Trinajstić information content (AvgIpc) is 3.17. The van der Waals surface area contributed by atoms with Crippen LogP contribution in [0.2, 0.25) is 0 Å². The number of nitrogens with one attached hydrogen (secondary N) is 2. The summed E-state index contributed by atoms with van der Waals surface area (Å²) in [4.78, 5) is 20.1. The maximum absolute atomic E-state index is 12.3. The Morgan fingerprint density at radius 3 is 2.38 bits per heavy atom.